The van der Waals surface area contributed by atoms with Crippen LogP contribution in [0, 0.1) is 0 Å². The number of nitrogens with one attached hydrogen (secondary N) is 1. The molecule has 2 aromatic rings. The fourth-order valence-corrected chi connectivity index (χ4v) is 4.96. The van der Waals surface area contributed by atoms with Gasteiger partial charge >= 0.3 is 0 Å². The molecule has 0 bridgehead atoms. The minimum absolute atomic E-state index is 0.0512. The smallest absolute Gasteiger partial charge is 0.255 e. The van der Waals surface area contributed by atoms with Crippen molar-refractivity contribution in [2.24, 2.45) is 0 Å². The van der Waals surface area contributed by atoms with Crippen molar-refractivity contribution in [3.63, 3.8) is 0 Å². The maximum atomic E-state index is 12.4. The summed E-state index contributed by atoms with van der Waals surface area (Å²) in [5.41, 5.74) is 1.06. The lowest BCUT2D eigenvalue weighted by molar-refractivity contribution is 0.102. The zero-order valence-corrected chi connectivity index (χ0v) is 16.2. The molecule has 27 heavy (non-hydrogen) atoms. The molecule has 1 saturated heterocycles. The van der Waals surface area contributed by atoms with E-state index in [1.807, 2.05) is 11.8 Å². The number of sulfone groups is 1. The quantitative estimate of drug-likeness (QED) is 0.816. The van der Waals surface area contributed by atoms with Crippen LogP contribution in [0.25, 0.3) is 0 Å². The van der Waals surface area contributed by atoms with Gasteiger partial charge in [0.1, 0.15) is 11.6 Å². The molecular weight excluding hydrogens is 366 g/mol. The monoisotopic (exact) mass is 389 g/mol. The van der Waals surface area contributed by atoms with Gasteiger partial charge in [0.25, 0.3) is 5.91 Å². The van der Waals surface area contributed by atoms with Gasteiger partial charge in [-0.2, -0.15) is 0 Å². The van der Waals surface area contributed by atoms with Gasteiger partial charge < -0.3 is 15.0 Å². The molecule has 1 aromatic carbocycles. The van der Waals surface area contributed by atoms with Crippen LogP contribution in [-0.4, -0.2) is 50.5 Å². The second-order valence-corrected chi connectivity index (χ2v) is 8.66. The lowest BCUT2D eigenvalue weighted by Crippen LogP contribution is -2.36. The topological polar surface area (TPSA) is 88.6 Å². The molecule has 0 aliphatic carbocycles. The zero-order chi connectivity index (χ0) is 19.4. The Morgan fingerprint density at radius 1 is 1.33 bits per heavy atom. The Balaban J connectivity index is 1.70. The van der Waals surface area contributed by atoms with Gasteiger partial charge in [-0.15, -0.1) is 0 Å². The van der Waals surface area contributed by atoms with Crippen LogP contribution in [0.4, 0.5) is 11.5 Å². The molecule has 1 amide bonds. The van der Waals surface area contributed by atoms with E-state index in [0.29, 0.717) is 35.8 Å². The van der Waals surface area contributed by atoms with Crippen molar-refractivity contribution >= 4 is 27.2 Å². The van der Waals surface area contributed by atoms with E-state index in [9.17, 15) is 13.2 Å². The van der Waals surface area contributed by atoms with E-state index in [1.54, 1.807) is 49.7 Å². The summed E-state index contributed by atoms with van der Waals surface area (Å²) in [5.74, 6) is 1.46. The molecule has 8 heteroatoms. The number of rotatable bonds is 6. The summed E-state index contributed by atoms with van der Waals surface area (Å²) in [6.45, 7) is 2.65. The highest BCUT2D eigenvalue weighted by Crippen LogP contribution is 2.24. The van der Waals surface area contributed by atoms with E-state index < -0.39 is 9.84 Å². The Morgan fingerprint density at radius 3 is 2.74 bits per heavy atom. The highest BCUT2D eigenvalue weighted by molar-refractivity contribution is 7.91. The summed E-state index contributed by atoms with van der Waals surface area (Å²) in [6, 6.07) is 10.4. The van der Waals surface area contributed by atoms with E-state index in [-0.39, 0.29) is 23.5 Å². The number of carbonyl (C=O) groups excluding carboxylic acids is 1. The Bertz CT molecular complexity index is 913. The fourth-order valence-electron chi connectivity index (χ4n) is 3.23. The van der Waals surface area contributed by atoms with Gasteiger partial charge in [-0.05, 0) is 43.7 Å². The predicted octanol–water partition coefficient (Wildman–Crippen LogP) is 2.36. The van der Waals surface area contributed by atoms with Gasteiger partial charge in [-0.1, -0.05) is 6.07 Å². The van der Waals surface area contributed by atoms with Crippen molar-refractivity contribution in [3.8, 4) is 5.75 Å². The highest BCUT2D eigenvalue weighted by atomic mass is 32.2. The van der Waals surface area contributed by atoms with E-state index in [1.165, 1.54) is 0 Å². The van der Waals surface area contributed by atoms with Gasteiger partial charge in [0.15, 0.2) is 9.84 Å². The fraction of sp³-hybridized carbons (Fsp3) is 0.368. The SMILES string of the molecule is CCN(c1ccc(NC(=O)c2cccc(OC)c2)cn1)C1CCS(=O)(=O)C1. The van der Waals surface area contributed by atoms with Crippen molar-refractivity contribution in [2.45, 2.75) is 19.4 Å². The number of methoxy groups -OCH3 is 1. The molecule has 1 unspecified atom stereocenters. The second-order valence-electron chi connectivity index (χ2n) is 6.43. The number of nitrogens with zero attached hydrogens (tertiary/aromatic N) is 2. The summed E-state index contributed by atoms with van der Waals surface area (Å²) in [7, 11) is -1.41. The van der Waals surface area contributed by atoms with Gasteiger partial charge in [-0.25, -0.2) is 13.4 Å². The largest absolute Gasteiger partial charge is 0.497 e. The molecular formula is C19H23N3O4S. The molecule has 0 radical (unpaired) electrons. The number of amides is 1. The molecule has 1 atom stereocenters. The molecule has 1 fully saturated rings. The summed E-state index contributed by atoms with van der Waals surface area (Å²) < 4.78 is 28.6. The van der Waals surface area contributed by atoms with Crippen molar-refractivity contribution in [1.82, 2.24) is 4.98 Å². The van der Waals surface area contributed by atoms with Crippen LogP contribution in [0.3, 0.4) is 0 Å². The van der Waals surface area contributed by atoms with Crippen LogP contribution in [0.5, 0.6) is 5.75 Å². The summed E-state index contributed by atoms with van der Waals surface area (Å²) >= 11 is 0. The minimum atomic E-state index is -2.96. The van der Waals surface area contributed by atoms with Gasteiger partial charge in [0.05, 0.1) is 30.5 Å². The number of hydrogen-bond acceptors (Lipinski definition) is 6. The normalized spacial score (nSPS) is 18.1. The standard InChI is InChI=1S/C19H23N3O4S/c1-3-22(16-9-10-27(24,25)13-16)18-8-7-15(12-20-18)21-19(23)14-5-4-6-17(11-14)26-2/h4-8,11-12,16H,3,9-10,13H2,1-2H3,(H,21,23). The number of benzene rings is 1. The van der Waals surface area contributed by atoms with Crippen molar-refractivity contribution in [1.29, 1.82) is 0 Å². The van der Waals surface area contributed by atoms with E-state index in [4.69, 9.17) is 4.74 Å². The second kappa shape index (κ2) is 7.96. The molecule has 2 heterocycles. The number of ether oxygens (including phenoxy) is 1. The van der Waals surface area contributed by atoms with Crippen LogP contribution in [0.1, 0.15) is 23.7 Å². The first-order valence-electron chi connectivity index (χ1n) is 8.80. The maximum Gasteiger partial charge on any atom is 0.255 e. The van der Waals surface area contributed by atoms with Gasteiger partial charge in [0, 0.05) is 18.2 Å². The van der Waals surface area contributed by atoms with E-state index >= 15 is 0 Å². The van der Waals surface area contributed by atoms with Crippen LogP contribution in [0.2, 0.25) is 0 Å². The number of hydrogen-bond donors (Lipinski definition) is 1. The number of aromatic nitrogens is 1. The van der Waals surface area contributed by atoms with Crippen molar-refractivity contribution < 1.29 is 17.9 Å². The third kappa shape index (κ3) is 4.57. The van der Waals surface area contributed by atoms with Crippen LogP contribution in [0.15, 0.2) is 42.6 Å². The maximum absolute atomic E-state index is 12.4. The molecule has 1 N–H and O–H groups in total. The lowest BCUT2D eigenvalue weighted by Gasteiger charge is -2.28. The van der Waals surface area contributed by atoms with E-state index in [2.05, 4.69) is 10.3 Å². The molecule has 0 saturated carbocycles. The minimum Gasteiger partial charge on any atom is -0.497 e. The molecule has 1 aliphatic rings. The third-order valence-corrected chi connectivity index (χ3v) is 6.37. The molecule has 1 aromatic heterocycles. The molecule has 0 spiro atoms. The summed E-state index contributed by atoms with van der Waals surface area (Å²) in [4.78, 5) is 18.8. The summed E-state index contributed by atoms with van der Waals surface area (Å²) in [5, 5.41) is 2.80. The number of carbonyl (C=O) groups is 1. The first-order valence-corrected chi connectivity index (χ1v) is 10.6. The first kappa shape index (κ1) is 19.2. The first-order chi connectivity index (χ1) is 12.9. The predicted molar refractivity (Wildman–Crippen MR) is 105 cm³/mol. The third-order valence-electron chi connectivity index (χ3n) is 4.62. The summed E-state index contributed by atoms with van der Waals surface area (Å²) in [6.07, 6.45) is 2.20. The number of anilines is 2. The molecule has 3 rings (SSSR count). The van der Waals surface area contributed by atoms with Crippen molar-refractivity contribution in [2.75, 3.05) is 35.4 Å². The van der Waals surface area contributed by atoms with E-state index in [0.717, 1.165) is 0 Å². The molecule has 7 nitrogen and oxygen atoms in total. The average Bonchev–Trinajstić information content (AvgIpc) is 3.03. The Kier molecular flexibility index (Phi) is 5.65. The Labute approximate surface area is 159 Å². The van der Waals surface area contributed by atoms with Crippen molar-refractivity contribution in [3.05, 3.63) is 48.2 Å². The Hall–Kier alpha value is -2.61. The Morgan fingerprint density at radius 2 is 2.15 bits per heavy atom. The van der Waals surface area contributed by atoms with Gasteiger partial charge in [-0.3, -0.25) is 4.79 Å². The van der Waals surface area contributed by atoms with Crippen LogP contribution >= 0.6 is 0 Å². The average molecular weight is 389 g/mol. The lowest BCUT2D eigenvalue weighted by atomic mass is 10.2. The van der Waals surface area contributed by atoms with Gasteiger partial charge in [0.2, 0.25) is 0 Å². The van der Waals surface area contributed by atoms with Crippen LogP contribution < -0.4 is 15.0 Å². The molecule has 1 aliphatic heterocycles. The number of pyridine rings is 1. The molecule has 144 valence electrons. The van der Waals surface area contributed by atoms with Crippen LogP contribution in [-0.2, 0) is 9.84 Å². The zero-order valence-electron chi connectivity index (χ0n) is 15.4. The highest BCUT2D eigenvalue weighted by Gasteiger charge is 2.32.